The first-order valence-electron chi connectivity index (χ1n) is 4.42. The molecule has 92 valence electrons. The van der Waals surface area contributed by atoms with E-state index < -0.39 is 14.9 Å². The van der Waals surface area contributed by atoms with Crippen LogP contribution >= 0.6 is 0 Å². The molecule has 17 heavy (non-hydrogen) atoms. The van der Waals surface area contributed by atoms with Crippen molar-refractivity contribution in [2.24, 2.45) is 0 Å². The molecule has 9 heteroatoms. The quantitative estimate of drug-likeness (QED) is 0.633. The number of ether oxygens (including phenoxy) is 2. The summed E-state index contributed by atoms with van der Waals surface area (Å²) in [5.74, 6) is 0.484. The Labute approximate surface area is 96.3 Å². The summed E-state index contributed by atoms with van der Waals surface area (Å²) in [6.45, 7) is -0.0468. The molecule has 0 bridgehead atoms. The van der Waals surface area contributed by atoms with E-state index in [-0.39, 0.29) is 29.7 Å². The molecular formula is C8H8N2O6S. The Morgan fingerprint density at radius 2 is 1.94 bits per heavy atom. The van der Waals surface area contributed by atoms with E-state index in [9.17, 15) is 18.5 Å². The summed E-state index contributed by atoms with van der Waals surface area (Å²) in [7, 11) is -3.60. The molecule has 0 unspecified atom stereocenters. The van der Waals surface area contributed by atoms with Gasteiger partial charge in [-0.1, -0.05) is 0 Å². The van der Waals surface area contributed by atoms with Crippen LogP contribution in [0.1, 0.15) is 0 Å². The van der Waals surface area contributed by atoms with Gasteiger partial charge in [0.1, 0.15) is 5.69 Å². The molecule has 0 saturated carbocycles. The first-order valence-corrected chi connectivity index (χ1v) is 6.32. The molecule has 1 aliphatic heterocycles. The SMILES string of the molecule is CS(=O)(=O)Nc1cc2c(cc1[N+](=O)[O-])OCO2. The largest absolute Gasteiger partial charge is 0.454 e. The van der Waals surface area contributed by atoms with Crippen molar-refractivity contribution in [3.8, 4) is 11.5 Å². The second-order valence-corrected chi connectivity index (χ2v) is 5.10. The average Bonchev–Trinajstić information content (AvgIpc) is 2.60. The van der Waals surface area contributed by atoms with E-state index in [0.29, 0.717) is 0 Å². The minimum absolute atomic E-state index is 0.0468. The van der Waals surface area contributed by atoms with Crippen molar-refractivity contribution in [2.75, 3.05) is 17.8 Å². The lowest BCUT2D eigenvalue weighted by molar-refractivity contribution is -0.383. The molecule has 0 aliphatic carbocycles. The van der Waals surface area contributed by atoms with Gasteiger partial charge in [-0.15, -0.1) is 0 Å². The van der Waals surface area contributed by atoms with E-state index >= 15 is 0 Å². The Morgan fingerprint density at radius 3 is 2.47 bits per heavy atom. The van der Waals surface area contributed by atoms with Gasteiger partial charge in [0.15, 0.2) is 11.5 Å². The molecule has 0 amide bonds. The van der Waals surface area contributed by atoms with Gasteiger partial charge in [-0.3, -0.25) is 14.8 Å². The van der Waals surface area contributed by atoms with Gasteiger partial charge in [0, 0.05) is 6.07 Å². The van der Waals surface area contributed by atoms with Gasteiger partial charge >= 0.3 is 0 Å². The van der Waals surface area contributed by atoms with Gasteiger partial charge in [0.2, 0.25) is 16.8 Å². The predicted molar refractivity (Wildman–Crippen MR) is 57.7 cm³/mol. The lowest BCUT2D eigenvalue weighted by Gasteiger charge is -2.05. The average molecular weight is 260 g/mol. The normalized spacial score (nSPS) is 13.5. The van der Waals surface area contributed by atoms with Gasteiger partial charge < -0.3 is 9.47 Å². The lowest BCUT2D eigenvalue weighted by Crippen LogP contribution is -2.11. The van der Waals surface area contributed by atoms with Crippen LogP contribution in [0.2, 0.25) is 0 Å². The highest BCUT2D eigenvalue weighted by Crippen LogP contribution is 2.40. The highest BCUT2D eigenvalue weighted by atomic mass is 32.2. The van der Waals surface area contributed by atoms with Crippen LogP contribution < -0.4 is 14.2 Å². The Kier molecular flexibility index (Phi) is 2.54. The topological polar surface area (TPSA) is 108 Å². The zero-order chi connectivity index (χ0) is 12.6. The Hall–Kier alpha value is -2.03. The summed E-state index contributed by atoms with van der Waals surface area (Å²) >= 11 is 0. The summed E-state index contributed by atoms with van der Waals surface area (Å²) in [6.07, 6.45) is 0.904. The number of nitro benzene ring substituents is 1. The number of hydrogen-bond donors (Lipinski definition) is 1. The molecule has 2 rings (SSSR count). The molecule has 0 spiro atoms. The van der Waals surface area contributed by atoms with E-state index in [4.69, 9.17) is 9.47 Å². The maximum absolute atomic E-state index is 11.1. The van der Waals surface area contributed by atoms with Gasteiger partial charge in [0.05, 0.1) is 17.2 Å². The van der Waals surface area contributed by atoms with Crippen LogP contribution in [0.5, 0.6) is 11.5 Å². The summed E-state index contributed by atoms with van der Waals surface area (Å²) in [5.41, 5.74) is -0.540. The maximum atomic E-state index is 11.1. The molecule has 0 saturated heterocycles. The highest BCUT2D eigenvalue weighted by Gasteiger charge is 2.24. The number of nitro groups is 1. The minimum Gasteiger partial charge on any atom is -0.454 e. The van der Waals surface area contributed by atoms with Crippen LogP contribution in [0.15, 0.2) is 12.1 Å². The van der Waals surface area contributed by atoms with E-state index in [0.717, 1.165) is 12.3 Å². The lowest BCUT2D eigenvalue weighted by atomic mass is 10.2. The molecule has 1 heterocycles. The molecule has 0 fully saturated rings. The summed E-state index contributed by atoms with van der Waals surface area (Å²) in [5, 5.41) is 10.8. The molecular weight excluding hydrogens is 252 g/mol. The van der Waals surface area contributed by atoms with E-state index in [1.807, 2.05) is 0 Å². The van der Waals surface area contributed by atoms with Crippen molar-refractivity contribution in [3.63, 3.8) is 0 Å². The Morgan fingerprint density at radius 1 is 1.35 bits per heavy atom. The van der Waals surface area contributed by atoms with Gasteiger partial charge in [-0.2, -0.15) is 0 Å². The third-order valence-corrected chi connectivity index (χ3v) is 2.57. The number of rotatable bonds is 3. The van der Waals surface area contributed by atoms with Gasteiger partial charge in [0.25, 0.3) is 5.69 Å². The van der Waals surface area contributed by atoms with Crippen LogP contribution in [0.3, 0.4) is 0 Å². The number of benzene rings is 1. The maximum Gasteiger partial charge on any atom is 0.297 e. The fraction of sp³-hybridized carbons (Fsp3) is 0.250. The fourth-order valence-electron chi connectivity index (χ4n) is 1.36. The first-order chi connectivity index (χ1) is 7.87. The number of anilines is 1. The molecule has 0 radical (unpaired) electrons. The van der Waals surface area contributed by atoms with Crippen molar-refractivity contribution in [2.45, 2.75) is 0 Å². The van der Waals surface area contributed by atoms with Crippen LogP contribution in [-0.4, -0.2) is 26.4 Å². The van der Waals surface area contributed by atoms with Gasteiger partial charge in [-0.25, -0.2) is 8.42 Å². The van der Waals surface area contributed by atoms with E-state index in [1.165, 1.54) is 6.07 Å². The van der Waals surface area contributed by atoms with Crippen molar-refractivity contribution in [1.82, 2.24) is 0 Å². The van der Waals surface area contributed by atoms with Crippen LogP contribution in [-0.2, 0) is 10.0 Å². The van der Waals surface area contributed by atoms with Crippen molar-refractivity contribution in [3.05, 3.63) is 22.2 Å². The zero-order valence-corrected chi connectivity index (χ0v) is 9.48. The Bertz CT molecular complexity index is 582. The van der Waals surface area contributed by atoms with Crippen LogP contribution in [0.4, 0.5) is 11.4 Å². The summed E-state index contributed by atoms with van der Waals surface area (Å²) in [4.78, 5) is 10.1. The molecule has 1 N–H and O–H groups in total. The van der Waals surface area contributed by atoms with Crippen LogP contribution in [0.25, 0.3) is 0 Å². The summed E-state index contributed by atoms with van der Waals surface area (Å²) in [6, 6.07) is 2.34. The number of nitrogens with one attached hydrogen (secondary N) is 1. The number of sulfonamides is 1. The zero-order valence-electron chi connectivity index (χ0n) is 8.67. The van der Waals surface area contributed by atoms with Gasteiger partial charge in [-0.05, 0) is 0 Å². The summed E-state index contributed by atoms with van der Waals surface area (Å²) < 4.78 is 34.2. The minimum atomic E-state index is -3.60. The second kappa shape index (κ2) is 3.77. The molecule has 8 nitrogen and oxygen atoms in total. The smallest absolute Gasteiger partial charge is 0.297 e. The Balaban J connectivity index is 2.53. The number of fused-ring (bicyclic) bond motifs is 1. The third-order valence-electron chi connectivity index (χ3n) is 1.98. The fourth-order valence-corrected chi connectivity index (χ4v) is 1.93. The van der Waals surface area contributed by atoms with E-state index in [1.54, 1.807) is 0 Å². The van der Waals surface area contributed by atoms with Crippen molar-refractivity contribution in [1.29, 1.82) is 0 Å². The molecule has 1 aromatic carbocycles. The van der Waals surface area contributed by atoms with E-state index in [2.05, 4.69) is 4.72 Å². The molecule has 1 aromatic rings. The number of hydrogen-bond acceptors (Lipinski definition) is 6. The van der Waals surface area contributed by atoms with Crippen molar-refractivity contribution >= 4 is 21.4 Å². The predicted octanol–water partition coefficient (Wildman–Crippen LogP) is 0.695. The number of nitrogens with zero attached hydrogens (tertiary/aromatic N) is 1. The molecule has 1 aliphatic rings. The molecule has 0 aromatic heterocycles. The first kappa shape index (κ1) is 11.5. The second-order valence-electron chi connectivity index (χ2n) is 3.35. The molecule has 0 atom stereocenters. The standard InChI is InChI=1S/C8H8N2O6S/c1-17(13,14)9-5-2-7-8(16-4-15-7)3-6(5)10(11)12/h2-3,9H,4H2,1H3. The highest BCUT2D eigenvalue weighted by molar-refractivity contribution is 7.92. The monoisotopic (exact) mass is 260 g/mol. The van der Waals surface area contributed by atoms with Crippen LogP contribution in [0, 0.1) is 10.1 Å². The third kappa shape index (κ3) is 2.38. The van der Waals surface area contributed by atoms with Crippen molar-refractivity contribution < 1.29 is 22.8 Å².